The van der Waals surface area contributed by atoms with Crippen LogP contribution in [0.15, 0.2) is 22.7 Å². The van der Waals surface area contributed by atoms with Crippen LogP contribution in [0.2, 0.25) is 5.02 Å². The molecule has 0 amide bonds. The predicted molar refractivity (Wildman–Crippen MR) is 88.8 cm³/mol. The summed E-state index contributed by atoms with van der Waals surface area (Å²) in [5.41, 5.74) is 0.953. The van der Waals surface area contributed by atoms with E-state index >= 15 is 0 Å². The molecule has 2 aromatic rings. The minimum absolute atomic E-state index is 0.429. The highest BCUT2D eigenvalue weighted by atomic mass is 79.9. The van der Waals surface area contributed by atoms with Crippen molar-refractivity contribution in [1.29, 1.82) is 0 Å². The molecule has 0 aliphatic carbocycles. The fraction of sp³-hybridized carbons (Fsp3) is 0.429. The van der Waals surface area contributed by atoms with Crippen LogP contribution in [0.1, 0.15) is 13.8 Å². The van der Waals surface area contributed by atoms with Crippen molar-refractivity contribution in [2.45, 2.75) is 25.9 Å². The molecule has 21 heavy (non-hydrogen) atoms. The Labute approximate surface area is 137 Å². The van der Waals surface area contributed by atoms with E-state index in [1.54, 1.807) is 0 Å². The summed E-state index contributed by atoms with van der Waals surface area (Å²) >= 11 is 9.48. The Morgan fingerprint density at radius 3 is 2.67 bits per heavy atom. The van der Waals surface area contributed by atoms with E-state index in [1.165, 1.54) is 0 Å². The topological polar surface area (TPSA) is 56.8 Å². The van der Waals surface area contributed by atoms with Gasteiger partial charge in [0.25, 0.3) is 0 Å². The van der Waals surface area contributed by atoms with Crippen molar-refractivity contribution < 1.29 is 0 Å². The number of benzene rings is 1. The molecular formula is C14H17BrClN5. The number of aromatic amines is 1. The van der Waals surface area contributed by atoms with Crippen LogP contribution in [0.3, 0.4) is 0 Å². The summed E-state index contributed by atoms with van der Waals surface area (Å²) in [6.07, 6.45) is 0. The van der Waals surface area contributed by atoms with Crippen molar-refractivity contribution in [2.24, 2.45) is 0 Å². The van der Waals surface area contributed by atoms with Crippen molar-refractivity contribution in [1.82, 2.24) is 20.5 Å². The van der Waals surface area contributed by atoms with Crippen LogP contribution >= 0.6 is 27.5 Å². The van der Waals surface area contributed by atoms with Crippen LogP contribution in [-0.4, -0.2) is 40.4 Å². The lowest BCUT2D eigenvalue weighted by atomic mass is 10.1. The fourth-order valence-electron chi connectivity index (χ4n) is 2.69. The van der Waals surface area contributed by atoms with E-state index in [0.29, 0.717) is 17.1 Å². The van der Waals surface area contributed by atoms with E-state index in [-0.39, 0.29) is 0 Å². The molecule has 1 aromatic heterocycles. The van der Waals surface area contributed by atoms with Gasteiger partial charge in [0.2, 0.25) is 5.95 Å². The Morgan fingerprint density at radius 2 is 2.00 bits per heavy atom. The monoisotopic (exact) mass is 369 g/mol. The first-order valence-electron chi connectivity index (χ1n) is 6.92. The molecule has 3 rings (SSSR count). The molecule has 1 aromatic carbocycles. The van der Waals surface area contributed by atoms with Crippen molar-refractivity contribution in [3.05, 3.63) is 27.7 Å². The Morgan fingerprint density at radius 1 is 1.29 bits per heavy atom. The molecule has 0 spiro atoms. The van der Waals surface area contributed by atoms with Gasteiger partial charge in [-0.25, -0.2) is 0 Å². The Balaban J connectivity index is 1.86. The Bertz CT molecular complexity index is 634. The summed E-state index contributed by atoms with van der Waals surface area (Å²) in [6.45, 7) is 6.16. The highest BCUT2D eigenvalue weighted by Gasteiger charge is 2.24. The van der Waals surface area contributed by atoms with E-state index in [0.717, 1.165) is 34.9 Å². The number of nitrogens with one attached hydrogen (secondary N) is 2. The first-order valence-corrected chi connectivity index (χ1v) is 8.09. The van der Waals surface area contributed by atoms with Crippen molar-refractivity contribution in [3.8, 4) is 11.4 Å². The number of nitrogens with zero attached hydrogens (tertiary/aromatic N) is 3. The molecule has 2 heterocycles. The SMILES string of the molecule is CC1CN(c2n[nH]c(-c3ccc(Cl)cc3Br)n2)CC(C)N1. The average Bonchev–Trinajstić information content (AvgIpc) is 2.87. The molecule has 7 heteroatoms. The molecule has 1 aliphatic heterocycles. The molecule has 1 fully saturated rings. The van der Waals surface area contributed by atoms with Crippen LogP contribution in [0.25, 0.3) is 11.4 Å². The van der Waals surface area contributed by atoms with Gasteiger partial charge in [-0.1, -0.05) is 11.6 Å². The number of anilines is 1. The zero-order chi connectivity index (χ0) is 15.0. The molecule has 1 aliphatic rings. The molecule has 5 nitrogen and oxygen atoms in total. The quantitative estimate of drug-likeness (QED) is 0.853. The Kier molecular flexibility index (Phi) is 4.19. The van der Waals surface area contributed by atoms with Gasteiger partial charge in [0.15, 0.2) is 5.82 Å². The predicted octanol–water partition coefficient (Wildman–Crippen LogP) is 3.07. The third-order valence-corrected chi connectivity index (χ3v) is 4.39. The minimum Gasteiger partial charge on any atom is -0.336 e. The first kappa shape index (κ1) is 14.8. The highest BCUT2D eigenvalue weighted by molar-refractivity contribution is 9.10. The number of piperazine rings is 1. The largest absolute Gasteiger partial charge is 0.336 e. The second-order valence-electron chi connectivity index (χ2n) is 5.48. The maximum atomic E-state index is 5.97. The van der Waals surface area contributed by atoms with E-state index in [1.807, 2.05) is 18.2 Å². The van der Waals surface area contributed by atoms with Gasteiger partial charge in [0, 0.05) is 40.2 Å². The van der Waals surface area contributed by atoms with Crippen LogP contribution in [0, 0.1) is 0 Å². The van der Waals surface area contributed by atoms with E-state index in [4.69, 9.17) is 11.6 Å². The molecule has 2 N–H and O–H groups in total. The van der Waals surface area contributed by atoms with Gasteiger partial charge >= 0.3 is 0 Å². The highest BCUT2D eigenvalue weighted by Crippen LogP contribution is 2.29. The standard InChI is InChI=1S/C14H17BrClN5/c1-8-6-21(7-9(2)17-8)14-18-13(19-20-14)11-4-3-10(16)5-12(11)15/h3-5,8-9,17H,6-7H2,1-2H3,(H,18,19,20). The van der Waals surface area contributed by atoms with Gasteiger partial charge < -0.3 is 10.2 Å². The van der Waals surface area contributed by atoms with Gasteiger partial charge in [0.1, 0.15) is 0 Å². The van der Waals surface area contributed by atoms with Crippen molar-refractivity contribution in [2.75, 3.05) is 18.0 Å². The van der Waals surface area contributed by atoms with Gasteiger partial charge in [-0.05, 0) is 48.0 Å². The Hall–Kier alpha value is -1.11. The normalized spacial score (nSPS) is 22.6. The molecule has 0 bridgehead atoms. The minimum atomic E-state index is 0.429. The molecule has 0 radical (unpaired) electrons. The van der Waals surface area contributed by atoms with Crippen LogP contribution < -0.4 is 10.2 Å². The van der Waals surface area contributed by atoms with Crippen LogP contribution in [0.5, 0.6) is 0 Å². The number of hydrogen-bond acceptors (Lipinski definition) is 4. The number of aromatic nitrogens is 3. The zero-order valence-corrected chi connectivity index (χ0v) is 14.2. The van der Waals surface area contributed by atoms with Gasteiger partial charge in [-0.3, -0.25) is 5.10 Å². The summed E-state index contributed by atoms with van der Waals surface area (Å²) in [5.74, 6) is 1.49. The molecular weight excluding hydrogens is 354 g/mol. The van der Waals surface area contributed by atoms with Crippen molar-refractivity contribution >= 4 is 33.5 Å². The summed E-state index contributed by atoms with van der Waals surface area (Å²) in [7, 11) is 0. The third kappa shape index (κ3) is 3.22. The van der Waals surface area contributed by atoms with Gasteiger partial charge in [0.05, 0.1) is 0 Å². The summed E-state index contributed by atoms with van der Waals surface area (Å²) in [6, 6.07) is 6.49. The molecule has 112 valence electrons. The summed E-state index contributed by atoms with van der Waals surface area (Å²) in [4.78, 5) is 6.83. The smallest absolute Gasteiger partial charge is 0.245 e. The van der Waals surface area contributed by atoms with Crippen LogP contribution in [0.4, 0.5) is 5.95 Å². The van der Waals surface area contributed by atoms with E-state index in [2.05, 4.69) is 55.2 Å². The molecule has 2 atom stereocenters. The zero-order valence-electron chi connectivity index (χ0n) is 11.9. The van der Waals surface area contributed by atoms with Gasteiger partial charge in [-0.2, -0.15) is 4.98 Å². The second kappa shape index (κ2) is 5.94. The number of halogens is 2. The van der Waals surface area contributed by atoms with Gasteiger partial charge in [-0.15, -0.1) is 5.10 Å². The maximum absolute atomic E-state index is 5.97. The lowest BCUT2D eigenvalue weighted by Crippen LogP contribution is -2.54. The second-order valence-corrected chi connectivity index (χ2v) is 6.77. The lowest BCUT2D eigenvalue weighted by molar-refractivity contribution is 0.403. The summed E-state index contributed by atoms with van der Waals surface area (Å²) < 4.78 is 0.903. The molecule has 1 saturated heterocycles. The van der Waals surface area contributed by atoms with Crippen molar-refractivity contribution in [3.63, 3.8) is 0 Å². The number of hydrogen-bond donors (Lipinski definition) is 2. The van der Waals surface area contributed by atoms with E-state index < -0.39 is 0 Å². The summed E-state index contributed by atoms with van der Waals surface area (Å²) in [5, 5.41) is 11.6. The molecule has 2 unspecified atom stereocenters. The number of H-pyrrole nitrogens is 1. The lowest BCUT2D eigenvalue weighted by Gasteiger charge is -2.35. The average molecular weight is 371 g/mol. The van der Waals surface area contributed by atoms with E-state index in [9.17, 15) is 0 Å². The maximum Gasteiger partial charge on any atom is 0.245 e. The first-order chi connectivity index (χ1) is 10.0. The number of rotatable bonds is 2. The van der Waals surface area contributed by atoms with Crippen LogP contribution in [-0.2, 0) is 0 Å². The fourth-order valence-corrected chi connectivity index (χ4v) is 3.56. The third-order valence-electron chi connectivity index (χ3n) is 3.50. The molecule has 0 saturated carbocycles.